The number of benzene rings is 1. The predicted octanol–water partition coefficient (Wildman–Crippen LogP) is 1.67. The number of hydrogen-bond donors (Lipinski definition) is 3. The molecule has 0 saturated heterocycles. The molecule has 18 heavy (non-hydrogen) atoms. The number of aromatic amines is 1. The number of nitrogens with one attached hydrogen (secondary N) is 3. The molecule has 0 fully saturated rings. The van der Waals surface area contributed by atoms with E-state index in [1.165, 1.54) is 12.1 Å². The van der Waals surface area contributed by atoms with Gasteiger partial charge in [-0.15, -0.1) is 12.4 Å². The summed E-state index contributed by atoms with van der Waals surface area (Å²) in [7, 11) is 1.77. The predicted molar refractivity (Wildman–Crippen MR) is 70.5 cm³/mol. The minimum absolute atomic E-state index is 0. The number of H-pyrrole nitrogens is 1. The Hall–Kier alpha value is -1.66. The summed E-state index contributed by atoms with van der Waals surface area (Å²) >= 11 is 0. The van der Waals surface area contributed by atoms with E-state index >= 15 is 0 Å². The van der Waals surface area contributed by atoms with Crippen LogP contribution in [-0.4, -0.2) is 29.7 Å². The normalized spacial score (nSPS) is 10.1. The summed E-state index contributed by atoms with van der Waals surface area (Å²) in [4.78, 5) is 11.5. The van der Waals surface area contributed by atoms with Crippen LogP contribution < -0.4 is 10.6 Å². The summed E-state index contributed by atoms with van der Waals surface area (Å²) in [6, 6.07) is 4.26. The molecule has 0 aliphatic heterocycles. The Bertz CT molecular complexity index is 543. The van der Waals surface area contributed by atoms with Gasteiger partial charge in [-0.25, -0.2) is 4.39 Å². The van der Waals surface area contributed by atoms with Crippen molar-refractivity contribution in [2.45, 2.75) is 6.42 Å². The van der Waals surface area contributed by atoms with E-state index in [1.807, 2.05) is 0 Å². The quantitative estimate of drug-likeness (QED) is 0.793. The van der Waals surface area contributed by atoms with Crippen molar-refractivity contribution >= 4 is 35.0 Å². The standard InChI is InChI=1S/C11H13FN4O.ClH/c1-13-5-4-10(17)14-11-8-6-7(12)2-3-9(8)15-16-11;/h2-3,6,13H,4-5H2,1H3,(H2,14,15,16,17);1H. The van der Waals surface area contributed by atoms with Crippen LogP contribution in [0.2, 0.25) is 0 Å². The van der Waals surface area contributed by atoms with Crippen molar-refractivity contribution in [3.05, 3.63) is 24.0 Å². The first-order chi connectivity index (χ1) is 8.20. The first-order valence-corrected chi connectivity index (χ1v) is 5.29. The molecule has 0 aliphatic rings. The fraction of sp³-hybridized carbons (Fsp3) is 0.273. The van der Waals surface area contributed by atoms with E-state index in [9.17, 15) is 9.18 Å². The van der Waals surface area contributed by atoms with E-state index in [2.05, 4.69) is 20.8 Å². The molecule has 2 aromatic rings. The second kappa shape index (κ2) is 6.32. The fourth-order valence-electron chi connectivity index (χ4n) is 1.51. The minimum atomic E-state index is -0.357. The molecule has 98 valence electrons. The van der Waals surface area contributed by atoms with Gasteiger partial charge in [0.25, 0.3) is 0 Å². The van der Waals surface area contributed by atoms with Gasteiger partial charge in [0.2, 0.25) is 5.91 Å². The number of carbonyl (C=O) groups excluding carboxylic acids is 1. The zero-order chi connectivity index (χ0) is 12.3. The number of halogens is 2. The summed E-state index contributed by atoms with van der Waals surface area (Å²) < 4.78 is 13.1. The summed E-state index contributed by atoms with van der Waals surface area (Å²) in [5.74, 6) is -0.151. The molecule has 0 aliphatic carbocycles. The molecule has 0 bridgehead atoms. The van der Waals surface area contributed by atoms with Crippen molar-refractivity contribution in [1.82, 2.24) is 15.5 Å². The third-order valence-corrected chi connectivity index (χ3v) is 2.38. The van der Waals surface area contributed by atoms with E-state index < -0.39 is 0 Å². The van der Waals surface area contributed by atoms with E-state index in [-0.39, 0.29) is 24.1 Å². The number of anilines is 1. The number of amides is 1. The zero-order valence-corrected chi connectivity index (χ0v) is 10.6. The fourth-order valence-corrected chi connectivity index (χ4v) is 1.51. The Kier molecular flexibility index (Phi) is 5.06. The van der Waals surface area contributed by atoms with Gasteiger partial charge in [0, 0.05) is 18.4 Å². The van der Waals surface area contributed by atoms with Gasteiger partial charge in [-0.2, -0.15) is 5.10 Å². The molecule has 1 amide bonds. The summed E-state index contributed by atoms with van der Waals surface area (Å²) in [6.07, 6.45) is 0.347. The van der Waals surface area contributed by atoms with Crippen LogP contribution in [0.5, 0.6) is 0 Å². The number of fused-ring (bicyclic) bond motifs is 1. The van der Waals surface area contributed by atoms with Crippen molar-refractivity contribution in [3.8, 4) is 0 Å². The average Bonchev–Trinajstić information content (AvgIpc) is 2.69. The maximum atomic E-state index is 13.1. The van der Waals surface area contributed by atoms with Crippen molar-refractivity contribution in [2.24, 2.45) is 0 Å². The minimum Gasteiger partial charge on any atom is -0.319 e. The highest BCUT2D eigenvalue weighted by atomic mass is 35.5. The van der Waals surface area contributed by atoms with Gasteiger partial charge in [-0.1, -0.05) is 0 Å². The summed E-state index contributed by atoms with van der Waals surface area (Å²) in [5.41, 5.74) is 0.690. The van der Waals surface area contributed by atoms with Gasteiger partial charge in [0.15, 0.2) is 5.82 Å². The molecule has 0 saturated carbocycles. The van der Waals surface area contributed by atoms with E-state index in [0.29, 0.717) is 29.7 Å². The second-order valence-corrected chi connectivity index (χ2v) is 3.66. The Morgan fingerprint density at radius 1 is 1.50 bits per heavy atom. The van der Waals surface area contributed by atoms with Gasteiger partial charge < -0.3 is 10.6 Å². The number of aromatic nitrogens is 2. The molecular formula is C11H14ClFN4O. The van der Waals surface area contributed by atoms with E-state index in [4.69, 9.17) is 0 Å². The summed E-state index contributed by atoms with van der Waals surface area (Å²) in [5, 5.41) is 12.8. The Balaban J connectivity index is 0.00000162. The van der Waals surface area contributed by atoms with Crippen LogP contribution in [0.3, 0.4) is 0 Å². The third kappa shape index (κ3) is 3.18. The number of nitrogens with zero attached hydrogens (tertiary/aromatic N) is 1. The zero-order valence-electron chi connectivity index (χ0n) is 9.79. The highest BCUT2D eigenvalue weighted by Gasteiger charge is 2.09. The molecule has 0 unspecified atom stereocenters. The number of carbonyl (C=O) groups is 1. The highest BCUT2D eigenvalue weighted by Crippen LogP contribution is 2.21. The van der Waals surface area contributed by atoms with E-state index in [1.54, 1.807) is 13.1 Å². The Labute approximate surface area is 110 Å². The first-order valence-electron chi connectivity index (χ1n) is 5.29. The van der Waals surface area contributed by atoms with Crippen LogP contribution in [0.25, 0.3) is 10.9 Å². The van der Waals surface area contributed by atoms with E-state index in [0.717, 1.165) is 0 Å². The van der Waals surface area contributed by atoms with Crippen LogP contribution in [0.15, 0.2) is 18.2 Å². The van der Waals surface area contributed by atoms with Crippen molar-refractivity contribution < 1.29 is 9.18 Å². The lowest BCUT2D eigenvalue weighted by Crippen LogP contribution is -2.18. The van der Waals surface area contributed by atoms with Gasteiger partial charge in [-0.3, -0.25) is 9.89 Å². The van der Waals surface area contributed by atoms with Gasteiger partial charge in [0.1, 0.15) is 5.82 Å². The SMILES string of the molecule is CNCCC(=O)Nc1n[nH]c2ccc(F)cc12.Cl. The Morgan fingerprint density at radius 3 is 3.00 bits per heavy atom. The van der Waals surface area contributed by atoms with Crippen molar-refractivity contribution in [3.63, 3.8) is 0 Å². The van der Waals surface area contributed by atoms with Gasteiger partial charge in [0.05, 0.1) is 5.52 Å². The second-order valence-electron chi connectivity index (χ2n) is 3.66. The molecule has 0 radical (unpaired) electrons. The maximum Gasteiger partial charge on any atom is 0.226 e. The monoisotopic (exact) mass is 272 g/mol. The molecule has 3 N–H and O–H groups in total. The van der Waals surface area contributed by atoms with Crippen LogP contribution >= 0.6 is 12.4 Å². The topological polar surface area (TPSA) is 69.8 Å². The van der Waals surface area contributed by atoms with Crippen LogP contribution in [0.1, 0.15) is 6.42 Å². The summed E-state index contributed by atoms with van der Waals surface area (Å²) in [6.45, 7) is 0.586. The molecule has 1 aromatic heterocycles. The number of rotatable bonds is 4. The van der Waals surface area contributed by atoms with Crippen LogP contribution in [0, 0.1) is 5.82 Å². The lowest BCUT2D eigenvalue weighted by molar-refractivity contribution is -0.116. The first kappa shape index (κ1) is 14.4. The molecule has 5 nitrogen and oxygen atoms in total. The van der Waals surface area contributed by atoms with Crippen molar-refractivity contribution in [1.29, 1.82) is 0 Å². The van der Waals surface area contributed by atoms with Crippen LogP contribution in [-0.2, 0) is 4.79 Å². The molecule has 0 spiro atoms. The number of hydrogen-bond acceptors (Lipinski definition) is 3. The molecular weight excluding hydrogens is 259 g/mol. The molecule has 7 heteroatoms. The Morgan fingerprint density at radius 2 is 2.28 bits per heavy atom. The van der Waals surface area contributed by atoms with Gasteiger partial charge in [-0.05, 0) is 25.2 Å². The third-order valence-electron chi connectivity index (χ3n) is 2.38. The smallest absolute Gasteiger partial charge is 0.226 e. The maximum absolute atomic E-state index is 13.1. The average molecular weight is 273 g/mol. The van der Waals surface area contributed by atoms with Crippen LogP contribution in [0.4, 0.5) is 10.2 Å². The van der Waals surface area contributed by atoms with Gasteiger partial charge >= 0.3 is 0 Å². The lowest BCUT2D eigenvalue weighted by atomic mass is 10.2. The van der Waals surface area contributed by atoms with Crippen molar-refractivity contribution in [2.75, 3.05) is 18.9 Å². The molecule has 0 atom stereocenters. The largest absolute Gasteiger partial charge is 0.319 e. The molecule has 1 aromatic carbocycles. The molecule has 2 rings (SSSR count). The molecule has 1 heterocycles. The highest BCUT2D eigenvalue weighted by molar-refractivity contribution is 5.99. The lowest BCUT2D eigenvalue weighted by Gasteiger charge is -2.01.